The molecule has 0 fully saturated rings. The third-order valence-electron chi connectivity index (χ3n) is 5.71. The van der Waals surface area contributed by atoms with Crippen molar-refractivity contribution in [1.82, 2.24) is 24.3 Å². The first-order valence-corrected chi connectivity index (χ1v) is 11.5. The van der Waals surface area contributed by atoms with Crippen LogP contribution in [0.15, 0.2) is 53.7 Å². The Labute approximate surface area is 212 Å². The first-order chi connectivity index (χ1) is 17.5. The molecule has 0 aliphatic rings. The summed E-state index contributed by atoms with van der Waals surface area (Å²) in [5.74, 6) is -1.90. The fourth-order valence-corrected chi connectivity index (χ4v) is 3.66. The highest BCUT2D eigenvalue weighted by molar-refractivity contribution is 5.92. The summed E-state index contributed by atoms with van der Waals surface area (Å²) >= 11 is 0. The maximum Gasteiger partial charge on any atom is 0.407 e. The zero-order valence-corrected chi connectivity index (χ0v) is 20.8. The number of likely N-dealkylation sites (N-methyl/N-ethyl adjacent to an activating group) is 1. The first kappa shape index (κ1) is 27.1. The minimum absolute atomic E-state index is 0.0593. The summed E-state index contributed by atoms with van der Waals surface area (Å²) in [6.45, 7) is 0.0123. The Kier molecular flexibility index (Phi) is 8.77. The van der Waals surface area contributed by atoms with Gasteiger partial charge in [-0.25, -0.2) is 14.2 Å². The van der Waals surface area contributed by atoms with Crippen molar-refractivity contribution in [3.8, 4) is 0 Å². The number of nitrogens with one attached hydrogen (secondary N) is 2. The standard InChI is InChI=1S/C25H29FN6O5/c1-30(2)22(33)7-5-4-6-16(13-31(3)25(36)37)23(34)29-21-12-27-15-32(24(21)35)14-19-11-17-10-18(26)8-9-20(17)28-19/h5,7-12,15-16,28H,4,6,13-14H2,1-3H3,(H,29,34)(H,36,37)/b7-5+/t16-/m0/s1. The highest BCUT2D eigenvalue weighted by Gasteiger charge is 2.23. The van der Waals surface area contributed by atoms with Gasteiger partial charge in [-0.1, -0.05) is 6.08 Å². The normalized spacial score (nSPS) is 12.0. The Morgan fingerprint density at radius 3 is 2.70 bits per heavy atom. The molecular formula is C25H29FN6O5. The highest BCUT2D eigenvalue weighted by atomic mass is 19.1. The van der Waals surface area contributed by atoms with E-state index >= 15 is 0 Å². The van der Waals surface area contributed by atoms with E-state index in [9.17, 15) is 28.7 Å². The molecule has 0 aliphatic carbocycles. The van der Waals surface area contributed by atoms with E-state index in [-0.39, 0.29) is 36.9 Å². The van der Waals surface area contributed by atoms with E-state index in [2.05, 4.69) is 15.3 Å². The number of benzene rings is 1. The molecule has 1 atom stereocenters. The number of rotatable bonds is 10. The van der Waals surface area contributed by atoms with E-state index in [4.69, 9.17) is 0 Å². The monoisotopic (exact) mass is 512 g/mol. The Morgan fingerprint density at radius 2 is 2.00 bits per heavy atom. The van der Waals surface area contributed by atoms with Crippen molar-refractivity contribution in [2.75, 3.05) is 33.0 Å². The predicted octanol–water partition coefficient (Wildman–Crippen LogP) is 2.50. The Balaban J connectivity index is 1.74. The van der Waals surface area contributed by atoms with Crippen LogP contribution in [0.3, 0.4) is 0 Å². The van der Waals surface area contributed by atoms with Crippen molar-refractivity contribution in [2.45, 2.75) is 19.4 Å². The van der Waals surface area contributed by atoms with Gasteiger partial charge in [0.15, 0.2) is 0 Å². The second-order valence-electron chi connectivity index (χ2n) is 8.83. The Bertz CT molecular complexity index is 1380. The van der Waals surface area contributed by atoms with Crippen LogP contribution in [0.1, 0.15) is 18.5 Å². The molecular weight excluding hydrogens is 483 g/mol. The molecule has 0 saturated carbocycles. The molecule has 2 aromatic heterocycles. The van der Waals surface area contributed by atoms with Crippen molar-refractivity contribution >= 4 is 34.5 Å². The minimum Gasteiger partial charge on any atom is -0.465 e. The number of fused-ring (bicyclic) bond motifs is 1. The summed E-state index contributed by atoms with van der Waals surface area (Å²) in [7, 11) is 4.57. The number of carboxylic acid groups (broad SMARTS) is 1. The number of nitrogens with zero attached hydrogens (tertiary/aromatic N) is 4. The van der Waals surface area contributed by atoms with Gasteiger partial charge in [0, 0.05) is 44.3 Å². The molecule has 3 N–H and O–H groups in total. The van der Waals surface area contributed by atoms with Crippen LogP contribution in [0.2, 0.25) is 0 Å². The number of amides is 3. The quantitative estimate of drug-likeness (QED) is 0.357. The van der Waals surface area contributed by atoms with Crippen molar-refractivity contribution in [1.29, 1.82) is 0 Å². The molecule has 3 aromatic rings. The fourth-order valence-electron chi connectivity index (χ4n) is 3.66. The van der Waals surface area contributed by atoms with Gasteiger partial charge in [-0.15, -0.1) is 0 Å². The van der Waals surface area contributed by atoms with Crippen LogP contribution in [0.4, 0.5) is 14.9 Å². The summed E-state index contributed by atoms with van der Waals surface area (Å²) in [5.41, 5.74) is 0.799. The summed E-state index contributed by atoms with van der Waals surface area (Å²) in [5, 5.41) is 12.5. The van der Waals surface area contributed by atoms with Crippen LogP contribution in [-0.2, 0) is 16.1 Å². The number of carbonyl (C=O) groups is 3. The van der Waals surface area contributed by atoms with Crippen LogP contribution in [-0.4, -0.2) is 75.0 Å². The number of aromatic nitrogens is 3. The van der Waals surface area contributed by atoms with E-state index in [1.54, 1.807) is 32.3 Å². The third kappa shape index (κ3) is 7.26. The summed E-state index contributed by atoms with van der Waals surface area (Å²) < 4.78 is 14.8. The van der Waals surface area contributed by atoms with Crippen LogP contribution in [0.25, 0.3) is 10.9 Å². The van der Waals surface area contributed by atoms with Gasteiger partial charge >= 0.3 is 6.09 Å². The predicted molar refractivity (Wildman–Crippen MR) is 136 cm³/mol. The highest BCUT2D eigenvalue weighted by Crippen LogP contribution is 2.17. The average molecular weight is 513 g/mol. The van der Waals surface area contributed by atoms with Gasteiger partial charge < -0.3 is 25.2 Å². The number of aromatic amines is 1. The van der Waals surface area contributed by atoms with E-state index in [1.165, 1.54) is 47.2 Å². The lowest BCUT2D eigenvalue weighted by Gasteiger charge is -2.21. The van der Waals surface area contributed by atoms with Crippen molar-refractivity contribution in [2.24, 2.45) is 5.92 Å². The number of halogens is 1. The smallest absolute Gasteiger partial charge is 0.407 e. The molecule has 37 heavy (non-hydrogen) atoms. The van der Waals surface area contributed by atoms with Gasteiger partial charge in [-0.05, 0) is 43.2 Å². The maximum atomic E-state index is 13.5. The summed E-state index contributed by atoms with van der Waals surface area (Å²) in [6.07, 6.45) is 4.96. The van der Waals surface area contributed by atoms with Crippen LogP contribution in [0, 0.1) is 11.7 Å². The zero-order valence-electron chi connectivity index (χ0n) is 20.8. The zero-order chi connectivity index (χ0) is 27.1. The second kappa shape index (κ2) is 12.0. The van der Waals surface area contributed by atoms with Crippen LogP contribution in [0.5, 0.6) is 0 Å². The topological polar surface area (TPSA) is 141 Å². The largest absolute Gasteiger partial charge is 0.465 e. The lowest BCUT2D eigenvalue weighted by Crippen LogP contribution is -2.37. The number of carbonyl (C=O) groups excluding carboxylic acids is 2. The number of allylic oxidation sites excluding steroid dienone is 1. The minimum atomic E-state index is -1.20. The molecule has 196 valence electrons. The van der Waals surface area contributed by atoms with Gasteiger partial charge in [0.1, 0.15) is 11.5 Å². The SMILES string of the molecule is CN(C)C(=O)/C=C/CC[C@@H](CN(C)C(=O)O)C(=O)Nc1cncn(Cc2cc3cc(F)ccc3[nH]2)c1=O. The molecule has 3 rings (SSSR count). The summed E-state index contributed by atoms with van der Waals surface area (Å²) in [4.78, 5) is 58.6. The lowest BCUT2D eigenvalue weighted by atomic mass is 10.0. The van der Waals surface area contributed by atoms with E-state index in [0.29, 0.717) is 23.0 Å². The fraction of sp³-hybridized carbons (Fsp3) is 0.320. The van der Waals surface area contributed by atoms with Gasteiger partial charge in [0.25, 0.3) is 5.56 Å². The molecule has 0 saturated heterocycles. The van der Waals surface area contributed by atoms with E-state index < -0.39 is 23.5 Å². The molecule has 1 aromatic carbocycles. The van der Waals surface area contributed by atoms with Crippen molar-refractivity contribution in [3.05, 3.63) is 70.8 Å². The van der Waals surface area contributed by atoms with Gasteiger partial charge in [-0.3, -0.25) is 19.0 Å². The van der Waals surface area contributed by atoms with Gasteiger partial charge in [0.2, 0.25) is 11.8 Å². The van der Waals surface area contributed by atoms with Gasteiger partial charge in [-0.2, -0.15) is 0 Å². The number of H-pyrrole nitrogens is 1. The molecule has 12 heteroatoms. The average Bonchev–Trinajstić information content (AvgIpc) is 3.24. The van der Waals surface area contributed by atoms with E-state index in [0.717, 1.165) is 4.90 Å². The second-order valence-corrected chi connectivity index (χ2v) is 8.83. The number of hydrogen-bond acceptors (Lipinski definition) is 5. The molecule has 3 amide bonds. The van der Waals surface area contributed by atoms with Crippen LogP contribution >= 0.6 is 0 Å². The Hall–Kier alpha value is -4.48. The van der Waals surface area contributed by atoms with E-state index in [1.807, 2.05) is 0 Å². The number of hydrogen-bond donors (Lipinski definition) is 3. The molecule has 0 aliphatic heterocycles. The molecule has 2 heterocycles. The summed E-state index contributed by atoms with van der Waals surface area (Å²) in [6, 6.07) is 6.04. The number of anilines is 1. The van der Waals surface area contributed by atoms with Crippen molar-refractivity contribution < 1.29 is 23.9 Å². The van der Waals surface area contributed by atoms with Crippen molar-refractivity contribution in [3.63, 3.8) is 0 Å². The third-order valence-corrected chi connectivity index (χ3v) is 5.71. The molecule has 0 spiro atoms. The molecule has 0 radical (unpaired) electrons. The molecule has 0 unspecified atom stereocenters. The first-order valence-electron chi connectivity index (χ1n) is 11.5. The van der Waals surface area contributed by atoms with Crippen LogP contribution < -0.4 is 10.9 Å². The molecule has 11 nitrogen and oxygen atoms in total. The maximum absolute atomic E-state index is 13.5. The van der Waals surface area contributed by atoms with Gasteiger partial charge in [0.05, 0.1) is 25.0 Å². The lowest BCUT2D eigenvalue weighted by molar-refractivity contribution is -0.123. The Morgan fingerprint density at radius 1 is 1.24 bits per heavy atom. The molecule has 0 bridgehead atoms.